The summed E-state index contributed by atoms with van der Waals surface area (Å²) in [6.07, 6.45) is 6.32. The van der Waals surface area contributed by atoms with Crippen molar-refractivity contribution in [2.24, 2.45) is 0 Å². The fraction of sp³-hybridized carbons (Fsp3) is 0.474. The van der Waals surface area contributed by atoms with Gasteiger partial charge in [0.05, 0.1) is 29.2 Å². The number of carbonyl (C=O) groups excluding carboxylic acids is 1. The van der Waals surface area contributed by atoms with Gasteiger partial charge in [0.2, 0.25) is 5.88 Å². The second-order valence-corrected chi connectivity index (χ2v) is 6.35. The molecule has 0 saturated heterocycles. The summed E-state index contributed by atoms with van der Waals surface area (Å²) in [6, 6.07) is 3.77. The molecule has 3 rings (SSSR count). The molecule has 26 heavy (non-hydrogen) atoms. The van der Waals surface area contributed by atoms with Crippen molar-refractivity contribution >= 4 is 11.6 Å². The lowest BCUT2D eigenvalue weighted by molar-refractivity contribution is 0.102. The maximum atomic E-state index is 12.5. The number of aryl methyl sites for hydroxylation is 2. The molecule has 138 valence electrons. The summed E-state index contributed by atoms with van der Waals surface area (Å²) < 4.78 is 11.1. The molecule has 1 amide bonds. The molecule has 0 aliphatic heterocycles. The van der Waals surface area contributed by atoms with Gasteiger partial charge in [-0.15, -0.1) is 0 Å². The van der Waals surface area contributed by atoms with Gasteiger partial charge in [-0.2, -0.15) is 9.97 Å². The molecular weight excluding hydrogens is 332 g/mol. The van der Waals surface area contributed by atoms with Gasteiger partial charge in [0.25, 0.3) is 5.91 Å². The second kappa shape index (κ2) is 8.12. The van der Waals surface area contributed by atoms with Crippen molar-refractivity contribution in [1.82, 2.24) is 15.0 Å². The van der Waals surface area contributed by atoms with Crippen molar-refractivity contribution in [2.75, 3.05) is 11.9 Å². The summed E-state index contributed by atoms with van der Waals surface area (Å²) in [6.45, 7) is 5.98. The van der Waals surface area contributed by atoms with Crippen LogP contribution in [-0.4, -0.2) is 33.6 Å². The minimum absolute atomic E-state index is 0.244. The number of hydrogen-bond donors (Lipinski definition) is 1. The van der Waals surface area contributed by atoms with Gasteiger partial charge in [-0.05, 0) is 52.5 Å². The highest BCUT2D eigenvalue weighted by molar-refractivity contribution is 6.04. The topological polar surface area (TPSA) is 86.2 Å². The first-order valence-corrected chi connectivity index (χ1v) is 8.99. The fourth-order valence-corrected chi connectivity index (χ4v) is 3.01. The zero-order valence-electron chi connectivity index (χ0n) is 15.4. The number of aromatic nitrogens is 3. The van der Waals surface area contributed by atoms with E-state index in [1.165, 1.54) is 19.0 Å². The molecule has 7 nitrogen and oxygen atoms in total. The molecule has 2 aromatic rings. The van der Waals surface area contributed by atoms with Crippen LogP contribution in [0.5, 0.6) is 11.9 Å². The quantitative estimate of drug-likeness (QED) is 0.853. The highest BCUT2D eigenvalue weighted by Gasteiger charge is 2.18. The van der Waals surface area contributed by atoms with Crippen LogP contribution in [0, 0.1) is 13.8 Å². The number of rotatable bonds is 6. The van der Waals surface area contributed by atoms with E-state index in [1.807, 2.05) is 20.8 Å². The van der Waals surface area contributed by atoms with E-state index in [-0.39, 0.29) is 12.0 Å². The molecule has 1 aliphatic carbocycles. The van der Waals surface area contributed by atoms with Crippen LogP contribution in [0.25, 0.3) is 0 Å². The van der Waals surface area contributed by atoms with E-state index < -0.39 is 0 Å². The van der Waals surface area contributed by atoms with Crippen LogP contribution < -0.4 is 14.8 Å². The van der Waals surface area contributed by atoms with E-state index in [0.29, 0.717) is 41.1 Å². The van der Waals surface area contributed by atoms with E-state index in [0.717, 1.165) is 12.8 Å². The smallest absolute Gasteiger partial charge is 0.316 e. The summed E-state index contributed by atoms with van der Waals surface area (Å²) >= 11 is 0. The molecule has 0 unspecified atom stereocenters. The largest absolute Gasteiger partial charge is 0.474 e. The Kier molecular flexibility index (Phi) is 5.65. The standard InChI is InChI=1S/C19H24N4O3/c1-4-25-19-21-12(2)17(13(3)22-19)23-18(24)14-9-10-16(20-11-14)26-15-7-5-6-8-15/h9-11,15H,4-8H2,1-3H3,(H,23,24). The van der Waals surface area contributed by atoms with Gasteiger partial charge in [0, 0.05) is 12.3 Å². The summed E-state index contributed by atoms with van der Waals surface area (Å²) in [4.78, 5) is 25.3. The Morgan fingerprint density at radius 2 is 1.88 bits per heavy atom. The first-order chi connectivity index (χ1) is 12.6. The molecular formula is C19H24N4O3. The van der Waals surface area contributed by atoms with Gasteiger partial charge in [0.1, 0.15) is 6.10 Å². The molecule has 1 fully saturated rings. The second-order valence-electron chi connectivity index (χ2n) is 6.35. The van der Waals surface area contributed by atoms with E-state index in [1.54, 1.807) is 12.1 Å². The van der Waals surface area contributed by atoms with Crippen LogP contribution in [0.1, 0.15) is 54.4 Å². The molecule has 1 aliphatic rings. The molecule has 0 atom stereocenters. The van der Waals surface area contributed by atoms with Crippen LogP contribution >= 0.6 is 0 Å². The molecule has 2 heterocycles. The molecule has 2 aromatic heterocycles. The number of hydrogen-bond acceptors (Lipinski definition) is 6. The predicted molar refractivity (Wildman–Crippen MR) is 97.7 cm³/mol. The van der Waals surface area contributed by atoms with Crippen molar-refractivity contribution in [3.8, 4) is 11.9 Å². The van der Waals surface area contributed by atoms with Gasteiger partial charge >= 0.3 is 6.01 Å². The Morgan fingerprint density at radius 3 is 2.46 bits per heavy atom. The van der Waals surface area contributed by atoms with E-state index >= 15 is 0 Å². The number of carbonyl (C=O) groups is 1. The highest BCUT2D eigenvalue weighted by Crippen LogP contribution is 2.23. The van der Waals surface area contributed by atoms with Crippen LogP contribution in [0.3, 0.4) is 0 Å². The molecule has 0 aromatic carbocycles. The first kappa shape index (κ1) is 18.1. The molecule has 0 bridgehead atoms. The fourth-order valence-electron chi connectivity index (χ4n) is 3.01. The number of nitrogens with one attached hydrogen (secondary N) is 1. The molecule has 1 saturated carbocycles. The van der Waals surface area contributed by atoms with Crippen molar-refractivity contribution in [3.05, 3.63) is 35.3 Å². The summed E-state index contributed by atoms with van der Waals surface area (Å²) in [5.74, 6) is 0.300. The summed E-state index contributed by atoms with van der Waals surface area (Å²) in [5.41, 5.74) is 2.35. The highest BCUT2D eigenvalue weighted by atomic mass is 16.5. The lowest BCUT2D eigenvalue weighted by atomic mass is 10.2. The average Bonchev–Trinajstić information content (AvgIpc) is 3.12. The number of nitrogens with zero attached hydrogens (tertiary/aromatic N) is 3. The normalized spacial score (nSPS) is 14.3. The number of pyridine rings is 1. The lowest BCUT2D eigenvalue weighted by Gasteiger charge is -2.13. The van der Waals surface area contributed by atoms with E-state index in [4.69, 9.17) is 9.47 Å². The van der Waals surface area contributed by atoms with Crippen molar-refractivity contribution in [1.29, 1.82) is 0 Å². The average molecular weight is 356 g/mol. The lowest BCUT2D eigenvalue weighted by Crippen LogP contribution is -2.16. The minimum Gasteiger partial charge on any atom is -0.474 e. The van der Waals surface area contributed by atoms with Gasteiger partial charge < -0.3 is 14.8 Å². The van der Waals surface area contributed by atoms with Crippen LogP contribution in [0.15, 0.2) is 18.3 Å². The third-order valence-corrected chi connectivity index (χ3v) is 4.35. The van der Waals surface area contributed by atoms with Crippen LogP contribution in [-0.2, 0) is 0 Å². The number of anilines is 1. The summed E-state index contributed by atoms with van der Waals surface area (Å²) in [5, 5.41) is 2.86. The van der Waals surface area contributed by atoms with E-state index in [2.05, 4.69) is 20.3 Å². The minimum atomic E-state index is -0.260. The third kappa shape index (κ3) is 4.28. The molecule has 0 radical (unpaired) electrons. The Balaban J connectivity index is 1.68. The molecule has 1 N–H and O–H groups in total. The number of amides is 1. The Morgan fingerprint density at radius 1 is 1.19 bits per heavy atom. The monoisotopic (exact) mass is 356 g/mol. The first-order valence-electron chi connectivity index (χ1n) is 8.99. The van der Waals surface area contributed by atoms with Gasteiger partial charge in [-0.1, -0.05) is 0 Å². The number of ether oxygens (including phenoxy) is 2. The van der Waals surface area contributed by atoms with Crippen molar-refractivity contribution in [2.45, 2.75) is 52.6 Å². The maximum Gasteiger partial charge on any atom is 0.316 e. The predicted octanol–water partition coefficient (Wildman–Crippen LogP) is 3.46. The SMILES string of the molecule is CCOc1nc(C)c(NC(=O)c2ccc(OC3CCCC3)nc2)c(C)n1. The Hall–Kier alpha value is -2.70. The van der Waals surface area contributed by atoms with Crippen molar-refractivity contribution < 1.29 is 14.3 Å². The van der Waals surface area contributed by atoms with Gasteiger partial charge in [-0.25, -0.2) is 4.98 Å². The van der Waals surface area contributed by atoms with Crippen LogP contribution in [0.2, 0.25) is 0 Å². The van der Waals surface area contributed by atoms with Crippen molar-refractivity contribution in [3.63, 3.8) is 0 Å². The van der Waals surface area contributed by atoms with E-state index in [9.17, 15) is 4.79 Å². The molecule has 0 spiro atoms. The summed E-state index contributed by atoms with van der Waals surface area (Å²) in [7, 11) is 0. The third-order valence-electron chi connectivity index (χ3n) is 4.35. The van der Waals surface area contributed by atoms with Crippen LogP contribution in [0.4, 0.5) is 5.69 Å². The maximum absolute atomic E-state index is 12.5. The Labute approximate surface area is 153 Å². The Bertz CT molecular complexity index is 748. The van der Waals surface area contributed by atoms with Gasteiger partial charge in [-0.3, -0.25) is 4.79 Å². The molecule has 7 heteroatoms. The zero-order valence-corrected chi connectivity index (χ0v) is 15.4. The zero-order chi connectivity index (χ0) is 18.5. The van der Waals surface area contributed by atoms with Gasteiger partial charge in [0.15, 0.2) is 0 Å².